The van der Waals surface area contributed by atoms with Crippen molar-refractivity contribution in [3.05, 3.63) is 101 Å². The van der Waals surface area contributed by atoms with Gasteiger partial charge in [-0.05, 0) is 35.7 Å². The van der Waals surface area contributed by atoms with Gasteiger partial charge in [0.25, 0.3) is 0 Å². The van der Waals surface area contributed by atoms with E-state index in [1.165, 1.54) is 6.20 Å². The van der Waals surface area contributed by atoms with E-state index in [2.05, 4.69) is 15.5 Å². The molecule has 38 heavy (non-hydrogen) atoms. The molecule has 8 nitrogen and oxygen atoms in total. The number of nitrogens with one attached hydrogen (secondary N) is 1. The SMILES string of the molecule is CC(OC(=O)Nc1c(-c2ccc(-c3ccc(CC(=O)O)cc3)cc2)oc2nnccc12)c1ccccc1Cl. The van der Waals surface area contributed by atoms with Gasteiger partial charge in [-0.25, -0.2) is 4.79 Å². The minimum Gasteiger partial charge on any atom is -0.481 e. The number of aromatic nitrogens is 2. The number of hydrogen-bond donors (Lipinski definition) is 2. The third-order valence-electron chi connectivity index (χ3n) is 6.03. The van der Waals surface area contributed by atoms with Gasteiger partial charge in [0.15, 0.2) is 5.76 Å². The summed E-state index contributed by atoms with van der Waals surface area (Å²) in [7, 11) is 0. The third kappa shape index (κ3) is 5.35. The van der Waals surface area contributed by atoms with Crippen molar-refractivity contribution in [3.63, 3.8) is 0 Å². The number of nitrogens with zero attached hydrogens (tertiary/aromatic N) is 2. The Balaban J connectivity index is 1.40. The summed E-state index contributed by atoms with van der Waals surface area (Å²) in [5, 5.41) is 20.8. The Kier molecular flexibility index (Phi) is 7.06. The van der Waals surface area contributed by atoms with Gasteiger partial charge >= 0.3 is 12.1 Å². The predicted octanol–water partition coefficient (Wildman–Crippen LogP) is 7.15. The third-order valence-corrected chi connectivity index (χ3v) is 6.37. The number of rotatable bonds is 7. The van der Waals surface area contributed by atoms with Crippen molar-refractivity contribution < 1.29 is 23.8 Å². The van der Waals surface area contributed by atoms with Crippen LogP contribution in [0.2, 0.25) is 5.02 Å². The molecule has 0 aliphatic carbocycles. The zero-order valence-electron chi connectivity index (χ0n) is 20.2. The molecule has 2 N–H and O–H groups in total. The summed E-state index contributed by atoms with van der Waals surface area (Å²) in [6, 6.07) is 23.8. The molecule has 1 atom stereocenters. The Morgan fingerprint density at radius 1 is 0.974 bits per heavy atom. The Bertz CT molecular complexity index is 1610. The predicted molar refractivity (Wildman–Crippen MR) is 144 cm³/mol. The molecule has 5 rings (SSSR count). The number of ether oxygens (including phenoxy) is 1. The largest absolute Gasteiger partial charge is 0.481 e. The van der Waals surface area contributed by atoms with Crippen LogP contribution in [0.1, 0.15) is 24.2 Å². The Morgan fingerprint density at radius 2 is 1.63 bits per heavy atom. The highest BCUT2D eigenvalue weighted by molar-refractivity contribution is 6.31. The van der Waals surface area contributed by atoms with E-state index in [4.69, 9.17) is 25.9 Å². The van der Waals surface area contributed by atoms with Crippen LogP contribution in [0.4, 0.5) is 10.5 Å². The van der Waals surface area contributed by atoms with Crippen LogP contribution < -0.4 is 5.32 Å². The molecule has 0 saturated heterocycles. The van der Waals surface area contributed by atoms with E-state index >= 15 is 0 Å². The number of anilines is 1. The fourth-order valence-electron chi connectivity index (χ4n) is 4.15. The lowest BCUT2D eigenvalue weighted by Crippen LogP contribution is -2.16. The normalized spacial score (nSPS) is 11.7. The van der Waals surface area contributed by atoms with Crippen LogP contribution in [0.5, 0.6) is 0 Å². The van der Waals surface area contributed by atoms with Crippen molar-refractivity contribution >= 4 is 40.5 Å². The van der Waals surface area contributed by atoms with Crippen molar-refractivity contribution in [2.75, 3.05) is 5.32 Å². The lowest BCUT2D eigenvalue weighted by molar-refractivity contribution is -0.136. The summed E-state index contributed by atoms with van der Waals surface area (Å²) in [6.07, 6.45) is 0.244. The number of halogens is 1. The van der Waals surface area contributed by atoms with Crippen LogP contribution in [-0.2, 0) is 16.0 Å². The molecule has 5 aromatic rings. The molecule has 0 bridgehead atoms. The molecule has 190 valence electrons. The number of carboxylic acid groups (broad SMARTS) is 1. The maximum absolute atomic E-state index is 12.9. The second-order valence-corrected chi connectivity index (χ2v) is 9.00. The van der Waals surface area contributed by atoms with Crippen molar-refractivity contribution in [2.45, 2.75) is 19.4 Å². The number of furan rings is 1. The molecule has 1 unspecified atom stereocenters. The van der Waals surface area contributed by atoms with E-state index in [9.17, 15) is 9.59 Å². The smallest absolute Gasteiger partial charge is 0.412 e. The zero-order valence-corrected chi connectivity index (χ0v) is 21.0. The Hall–Kier alpha value is -4.69. The van der Waals surface area contributed by atoms with Gasteiger partial charge in [-0.2, -0.15) is 5.10 Å². The fourth-order valence-corrected chi connectivity index (χ4v) is 4.44. The molecule has 1 amide bonds. The summed E-state index contributed by atoms with van der Waals surface area (Å²) in [6.45, 7) is 1.74. The van der Waals surface area contributed by atoms with E-state index < -0.39 is 18.2 Å². The number of carboxylic acids is 1. The maximum Gasteiger partial charge on any atom is 0.412 e. The van der Waals surface area contributed by atoms with Gasteiger partial charge in [0, 0.05) is 16.1 Å². The van der Waals surface area contributed by atoms with Crippen LogP contribution in [0.15, 0.2) is 89.5 Å². The average Bonchev–Trinajstić information content (AvgIpc) is 3.27. The highest BCUT2D eigenvalue weighted by Gasteiger charge is 2.22. The molecule has 2 heterocycles. The van der Waals surface area contributed by atoms with E-state index in [1.54, 1.807) is 37.3 Å². The lowest BCUT2D eigenvalue weighted by Gasteiger charge is -2.15. The van der Waals surface area contributed by atoms with E-state index in [0.29, 0.717) is 33.0 Å². The minimum atomic E-state index is -0.871. The molecular formula is C29H22ClN3O5. The van der Waals surface area contributed by atoms with Crippen LogP contribution >= 0.6 is 11.6 Å². The number of fused-ring (bicyclic) bond motifs is 1. The molecule has 3 aromatic carbocycles. The first-order chi connectivity index (χ1) is 18.4. The molecule has 2 aromatic heterocycles. The first kappa shape index (κ1) is 25.0. The number of carbonyl (C=O) groups excluding carboxylic acids is 1. The number of amides is 1. The van der Waals surface area contributed by atoms with Crippen molar-refractivity contribution in [1.29, 1.82) is 0 Å². The van der Waals surface area contributed by atoms with Crippen molar-refractivity contribution in [1.82, 2.24) is 10.2 Å². The molecule has 0 radical (unpaired) electrons. The summed E-state index contributed by atoms with van der Waals surface area (Å²) in [4.78, 5) is 23.8. The van der Waals surface area contributed by atoms with E-state index in [-0.39, 0.29) is 12.1 Å². The van der Waals surface area contributed by atoms with Gasteiger partial charge in [0.05, 0.1) is 18.0 Å². The second-order valence-electron chi connectivity index (χ2n) is 8.60. The average molecular weight is 528 g/mol. The summed E-state index contributed by atoms with van der Waals surface area (Å²) >= 11 is 6.25. The first-order valence-electron chi connectivity index (χ1n) is 11.8. The Labute approximate surface area is 222 Å². The van der Waals surface area contributed by atoms with Crippen molar-refractivity contribution in [3.8, 4) is 22.5 Å². The van der Waals surface area contributed by atoms with Crippen LogP contribution in [-0.4, -0.2) is 27.4 Å². The van der Waals surface area contributed by atoms with Gasteiger partial charge in [0.2, 0.25) is 5.71 Å². The molecule has 9 heteroatoms. The first-order valence-corrected chi connectivity index (χ1v) is 12.1. The highest BCUT2D eigenvalue weighted by atomic mass is 35.5. The van der Waals surface area contributed by atoms with Gasteiger partial charge < -0.3 is 14.3 Å². The monoisotopic (exact) mass is 527 g/mol. The maximum atomic E-state index is 12.9. The minimum absolute atomic E-state index is 0.0243. The topological polar surface area (TPSA) is 115 Å². The Morgan fingerprint density at radius 3 is 2.32 bits per heavy atom. The van der Waals surface area contributed by atoms with Gasteiger partial charge in [-0.3, -0.25) is 10.1 Å². The molecule has 0 saturated carbocycles. The molecule has 0 spiro atoms. The molecule has 0 fully saturated rings. The van der Waals surface area contributed by atoms with Gasteiger partial charge in [0.1, 0.15) is 11.8 Å². The van der Waals surface area contributed by atoms with Crippen LogP contribution in [0, 0.1) is 0 Å². The summed E-state index contributed by atoms with van der Waals surface area (Å²) in [5.41, 5.74) is 4.70. The van der Waals surface area contributed by atoms with Crippen LogP contribution in [0.25, 0.3) is 33.6 Å². The van der Waals surface area contributed by atoms with Crippen molar-refractivity contribution in [2.24, 2.45) is 0 Å². The molecular weight excluding hydrogens is 506 g/mol. The lowest BCUT2D eigenvalue weighted by atomic mass is 10.0. The number of carbonyl (C=O) groups is 2. The van der Waals surface area contributed by atoms with Crippen LogP contribution in [0.3, 0.4) is 0 Å². The number of hydrogen-bond acceptors (Lipinski definition) is 6. The highest BCUT2D eigenvalue weighted by Crippen LogP contribution is 2.38. The van der Waals surface area contributed by atoms with Gasteiger partial charge in [-0.15, -0.1) is 5.10 Å². The molecule has 0 aliphatic heterocycles. The standard InChI is InChI=1S/C29H22ClN3O5/c1-17(22-4-2-3-5-24(22)30)37-29(36)32-26-23-14-15-31-33-28(23)38-27(26)21-12-10-20(11-13-21)19-8-6-18(7-9-19)16-25(34)35/h2-15,17H,16H2,1H3,(H,32,36)(H,34,35). The summed E-state index contributed by atoms with van der Waals surface area (Å²) in [5.74, 6) is -0.463. The number of benzene rings is 3. The summed E-state index contributed by atoms with van der Waals surface area (Å²) < 4.78 is 11.6. The van der Waals surface area contributed by atoms with Gasteiger partial charge in [-0.1, -0.05) is 78.3 Å². The zero-order chi connectivity index (χ0) is 26.6. The second kappa shape index (κ2) is 10.7. The fraction of sp³-hybridized carbons (Fsp3) is 0.103. The van der Waals surface area contributed by atoms with E-state index in [0.717, 1.165) is 16.7 Å². The van der Waals surface area contributed by atoms with E-state index in [1.807, 2.05) is 48.5 Å². The quantitative estimate of drug-likeness (QED) is 0.231. The molecule has 0 aliphatic rings. The number of aliphatic carboxylic acids is 1.